The van der Waals surface area contributed by atoms with Crippen LogP contribution in [0.2, 0.25) is 0 Å². The highest BCUT2D eigenvalue weighted by molar-refractivity contribution is 5.95. The molecule has 4 nitrogen and oxygen atoms in total. The first-order valence-electron chi connectivity index (χ1n) is 9.76. The molecule has 0 radical (unpaired) electrons. The van der Waals surface area contributed by atoms with Gasteiger partial charge in [0.05, 0.1) is 17.4 Å². The molecule has 0 spiro atoms. The molecule has 126 valence electrons. The van der Waals surface area contributed by atoms with E-state index in [1.807, 2.05) is 0 Å². The molecule has 6 aliphatic rings. The molecule has 0 aliphatic heterocycles. The molecular weight excluding hydrogens is 302 g/mol. The molecule has 0 aromatic carbocycles. The van der Waals surface area contributed by atoms with Crippen LogP contribution in [0.15, 0.2) is 16.7 Å². The van der Waals surface area contributed by atoms with E-state index >= 15 is 0 Å². The molecule has 9 atom stereocenters. The number of carbonyl (C=O) groups excluding carboxylic acids is 1. The zero-order valence-corrected chi connectivity index (χ0v) is 13.7. The van der Waals surface area contributed by atoms with Crippen LogP contribution in [0.1, 0.15) is 47.7 Å². The third-order valence-electron chi connectivity index (χ3n) is 8.94. The molecule has 1 aromatic heterocycles. The standard InChI is InChI=1S/C20H23NO3/c22-19(9-3-4-24-18(9)8-1-2-8)21-7-20(23)16-11-6-12-14-10(11)5-13(16)15(14)17(12)20/h3-4,8,10-17,23H,1-2,5-7H2,(H,21,22)/t10-,11+,12+,13-,14-,15-,16+,17-,20-/m0/s1. The molecule has 4 heteroatoms. The average Bonchev–Trinajstić information content (AvgIpc) is 2.94. The van der Waals surface area contributed by atoms with Crippen molar-refractivity contribution in [1.29, 1.82) is 0 Å². The minimum Gasteiger partial charge on any atom is -0.468 e. The predicted molar refractivity (Wildman–Crippen MR) is 85.1 cm³/mol. The van der Waals surface area contributed by atoms with E-state index in [0.29, 0.717) is 29.9 Å². The summed E-state index contributed by atoms with van der Waals surface area (Å²) in [5, 5.41) is 14.7. The van der Waals surface area contributed by atoms with Gasteiger partial charge in [-0.2, -0.15) is 0 Å². The first kappa shape index (κ1) is 13.0. The van der Waals surface area contributed by atoms with E-state index in [4.69, 9.17) is 4.42 Å². The fraction of sp³-hybridized carbons (Fsp3) is 0.750. The van der Waals surface area contributed by atoms with Crippen molar-refractivity contribution in [3.8, 4) is 0 Å². The summed E-state index contributed by atoms with van der Waals surface area (Å²) in [7, 11) is 0. The summed E-state index contributed by atoms with van der Waals surface area (Å²) in [6.07, 6.45) is 6.60. The Balaban J connectivity index is 1.16. The second-order valence-corrected chi connectivity index (χ2v) is 9.48. The van der Waals surface area contributed by atoms with E-state index in [1.54, 1.807) is 12.3 Å². The van der Waals surface area contributed by atoms with E-state index in [9.17, 15) is 9.90 Å². The molecule has 1 amide bonds. The molecule has 1 aromatic rings. The van der Waals surface area contributed by atoms with Crippen molar-refractivity contribution in [1.82, 2.24) is 5.32 Å². The number of rotatable bonds is 4. The van der Waals surface area contributed by atoms with Crippen molar-refractivity contribution < 1.29 is 14.3 Å². The second kappa shape index (κ2) is 3.77. The van der Waals surface area contributed by atoms with Gasteiger partial charge in [0, 0.05) is 12.5 Å². The van der Waals surface area contributed by atoms with E-state index in [2.05, 4.69) is 5.32 Å². The van der Waals surface area contributed by atoms with Crippen molar-refractivity contribution in [2.75, 3.05) is 6.54 Å². The Kier molecular flexibility index (Phi) is 2.04. The molecule has 1 heterocycles. The maximum Gasteiger partial charge on any atom is 0.254 e. The molecule has 24 heavy (non-hydrogen) atoms. The Morgan fingerprint density at radius 1 is 1.17 bits per heavy atom. The van der Waals surface area contributed by atoms with Crippen LogP contribution in [0, 0.1) is 47.3 Å². The van der Waals surface area contributed by atoms with Gasteiger partial charge < -0.3 is 14.8 Å². The summed E-state index contributed by atoms with van der Waals surface area (Å²) >= 11 is 0. The van der Waals surface area contributed by atoms with Gasteiger partial charge in [-0.3, -0.25) is 4.79 Å². The smallest absolute Gasteiger partial charge is 0.254 e. The molecular formula is C20H23NO3. The van der Waals surface area contributed by atoms with Crippen LogP contribution in [-0.4, -0.2) is 23.2 Å². The van der Waals surface area contributed by atoms with Crippen LogP contribution in [-0.2, 0) is 0 Å². The minimum atomic E-state index is -0.635. The van der Waals surface area contributed by atoms with Crippen LogP contribution in [0.25, 0.3) is 0 Å². The minimum absolute atomic E-state index is 0.0579. The normalized spacial score (nSPS) is 54.5. The van der Waals surface area contributed by atoms with Crippen LogP contribution < -0.4 is 5.32 Å². The Hall–Kier alpha value is -1.29. The number of carbonyl (C=O) groups is 1. The fourth-order valence-corrected chi connectivity index (χ4v) is 8.45. The molecule has 2 bridgehead atoms. The molecule has 6 saturated carbocycles. The number of hydrogen-bond donors (Lipinski definition) is 2. The van der Waals surface area contributed by atoms with Gasteiger partial charge in [-0.1, -0.05) is 0 Å². The Morgan fingerprint density at radius 3 is 2.79 bits per heavy atom. The zero-order chi connectivity index (χ0) is 15.8. The fourth-order valence-electron chi connectivity index (χ4n) is 8.45. The Morgan fingerprint density at radius 2 is 1.96 bits per heavy atom. The van der Waals surface area contributed by atoms with Crippen molar-refractivity contribution in [3.05, 3.63) is 23.7 Å². The summed E-state index contributed by atoms with van der Waals surface area (Å²) in [6.45, 7) is 0.440. The summed E-state index contributed by atoms with van der Waals surface area (Å²) < 4.78 is 5.53. The Labute approximate surface area is 141 Å². The first-order valence-corrected chi connectivity index (χ1v) is 9.76. The summed E-state index contributed by atoms with van der Waals surface area (Å²) in [4.78, 5) is 12.7. The molecule has 6 aliphatic carbocycles. The van der Waals surface area contributed by atoms with Crippen molar-refractivity contribution in [2.24, 2.45) is 47.3 Å². The average molecular weight is 325 g/mol. The molecule has 7 rings (SSSR count). The van der Waals surface area contributed by atoms with Gasteiger partial charge in [-0.15, -0.1) is 0 Å². The van der Waals surface area contributed by atoms with Gasteiger partial charge >= 0.3 is 0 Å². The number of furan rings is 1. The monoisotopic (exact) mass is 325 g/mol. The highest BCUT2D eigenvalue weighted by Crippen LogP contribution is 2.85. The van der Waals surface area contributed by atoms with Crippen LogP contribution >= 0.6 is 0 Å². The summed E-state index contributed by atoms with van der Waals surface area (Å²) in [5.74, 6) is 7.02. The highest BCUT2D eigenvalue weighted by Gasteiger charge is 2.84. The summed E-state index contributed by atoms with van der Waals surface area (Å²) in [5.41, 5.74) is 0.0482. The van der Waals surface area contributed by atoms with Gasteiger partial charge in [-0.25, -0.2) is 0 Å². The van der Waals surface area contributed by atoms with E-state index < -0.39 is 5.60 Å². The third kappa shape index (κ3) is 1.21. The highest BCUT2D eigenvalue weighted by atomic mass is 16.3. The molecule has 0 unspecified atom stereocenters. The number of fused-ring (bicyclic) bond motifs is 2. The second-order valence-electron chi connectivity index (χ2n) is 9.48. The van der Waals surface area contributed by atoms with Gasteiger partial charge in [0.25, 0.3) is 5.91 Å². The molecule has 6 fully saturated rings. The summed E-state index contributed by atoms with van der Waals surface area (Å²) in [6, 6.07) is 1.79. The van der Waals surface area contributed by atoms with Gasteiger partial charge in [0.1, 0.15) is 5.76 Å². The van der Waals surface area contributed by atoms with Gasteiger partial charge in [0.15, 0.2) is 0 Å². The number of hydrogen-bond acceptors (Lipinski definition) is 3. The predicted octanol–water partition coefficient (Wildman–Crippen LogP) is 2.40. The van der Waals surface area contributed by atoms with Gasteiger partial charge in [0.2, 0.25) is 0 Å². The maximum absolute atomic E-state index is 12.7. The van der Waals surface area contributed by atoms with Crippen molar-refractivity contribution >= 4 is 5.91 Å². The van der Waals surface area contributed by atoms with Crippen LogP contribution in [0.4, 0.5) is 0 Å². The first-order chi connectivity index (χ1) is 11.7. The SMILES string of the molecule is O=C(NC[C@]1(O)[C@@H]2[C@@H]3C[C@@H]4[C@@H]5[C@H]3C[C@H]2[C@@H]5[C@H]41)c1ccoc1C1CC1. The lowest BCUT2D eigenvalue weighted by Gasteiger charge is -2.51. The lowest BCUT2D eigenvalue weighted by molar-refractivity contribution is -0.126. The van der Waals surface area contributed by atoms with Gasteiger partial charge in [-0.05, 0) is 79.1 Å². The van der Waals surface area contributed by atoms with E-state index in [0.717, 1.165) is 54.1 Å². The lowest BCUT2D eigenvalue weighted by Crippen LogP contribution is -2.59. The Bertz CT molecular complexity index is 761. The number of aliphatic hydroxyl groups is 1. The largest absolute Gasteiger partial charge is 0.468 e. The number of amides is 1. The van der Waals surface area contributed by atoms with Crippen LogP contribution in [0.5, 0.6) is 0 Å². The quantitative estimate of drug-likeness (QED) is 0.893. The molecule has 2 N–H and O–H groups in total. The molecule has 0 saturated heterocycles. The van der Waals surface area contributed by atoms with Crippen molar-refractivity contribution in [2.45, 2.75) is 37.2 Å². The van der Waals surface area contributed by atoms with E-state index in [1.165, 1.54) is 12.8 Å². The topological polar surface area (TPSA) is 62.5 Å². The van der Waals surface area contributed by atoms with Crippen molar-refractivity contribution in [3.63, 3.8) is 0 Å². The van der Waals surface area contributed by atoms with E-state index in [-0.39, 0.29) is 5.91 Å². The maximum atomic E-state index is 12.7. The third-order valence-corrected chi connectivity index (χ3v) is 8.94. The van der Waals surface area contributed by atoms with Crippen LogP contribution in [0.3, 0.4) is 0 Å². The lowest BCUT2D eigenvalue weighted by atomic mass is 9.56. The number of nitrogens with one attached hydrogen (secondary N) is 1. The zero-order valence-electron chi connectivity index (χ0n) is 13.7.